The van der Waals surface area contributed by atoms with Gasteiger partial charge in [-0.25, -0.2) is 4.98 Å². The van der Waals surface area contributed by atoms with Crippen molar-refractivity contribution in [2.75, 3.05) is 19.0 Å². The molecule has 1 N–H and O–H groups in total. The number of aromatic nitrogens is 1. The molecule has 1 aromatic carbocycles. The number of methoxy groups -OCH3 is 1. The van der Waals surface area contributed by atoms with Crippen LogP contribution in [0.2, 0.25) is 5.02 Å². The summed E-state index contributed by atoms with van der Waals surface area (Å²) in [5.74, 6) is -0.835. The fourth-order valence-electron chi connectivity index (χ4n) is 1.76. The Morgan fingerprint density at radius 1 is 1.38 bits per heavy atom. The van der Waals surface area contributed by atoms with Crippen molar-refractivity contribution in [2.45, 2.75) is 5.03 Å². The van der Waals surface area contributed by atoms with Gasteiger partial charge in [0.1, 0.15) is 10.8 Å². The van der Waals surface area contributed by atoms with Gasteiger partial charge < -0.3 is 20.0 Å². The summed E-state index contributed by atoms with van der Waals surface area (Å²) in [6, 6.07) is 7.78. The molecule has 2 rings (SSSR count). The molecule has 120 valence electrons. The number of halogens is 1. The van der Waals surface area contributed by atoms with Crippen molar-refractivity contribution in [1.82, 2.24) is 4.98 Å². The average Bonchev–Trinajstić information content (AvgIpc) is 2.53. The zero-order valence-electron chi connectivity index (χ0n) is 13.0. The summed E-state index contributed by atoms with van der Waals surface area (Å²) in [4.78, 5) is 26.9. The van der Waals surface area contributed by atoms with Crippen molar-refractivity contribution in [3.8, 4) is 5.75 Å². The van der Waals surface area contributed by atoms with Gasteiger partial charge in [-0.3, -0.25) is 4.79 Å². The Bertz CT molecular complexity index is 745. The molecular formula is C15H12ClKN2O4S. The summed E-state index contributed by atoms with van der Waals surface area (Å²) < 4.78 is 5.16. The number of hydrogen-bond acceptors (Lipinski definition) is 7. The van der Waals surface area contributed by atoms with E-state index in [0.717, 1.165) is 11.8 Å². The zero-order valence-corrected chi connectivity index (χ0v) is 17.7. The van der Waals surface area contributed by atoms with Gasteiger partial charge in [0.25, 0.3) is 0 Å². The second-order valence-corrected chi connectivity index (χ2v) is 5.80. The third kappa shape index (κ3) is 6.03. The van der Waals surface area contributed by atoms with E-state index in [4.69, 9.17) is 16.3 Å². The molecule has 2 aromatic rings. The van der Waals surface area contributed by atoms with E-state index in [0.29, 0.717) is 16.5 Å². The summed E-state index contributed by atoms with van der Waals surface area (Å²) in [7, 11) is 1.50. The van der Waals surface area contributed by atoms with Crippen LogP contribution in [0.1, 0.15) is 10.4 Å². The minimum absolute atomic E-state index is 0. The van der Waals surface area contributed by atoms with E-state index in [-0.39, 0.29) is 73.6 Å². The number of carbonyl (C=O) groups excluding carboxylic acids is 2. The monoisotopic (exact) mass is 390 g/mol. The van der Waals surface area contributed by atoms with E-state index in [9.17, 15) is 14.7 Å². The molecule has 0 aliphatic heterocycles. The van der Waals surface area contributed by atoms with E-state index in [1.54, 1.807) is 18.2 Å². The van der Waals surface area contributed by atoms with E-state index < -0.39 is 5.97 Å². The Morgan fingerprint density at radius 2 is 2.12 bits per heavy atom. The van der Waals surface area contributed by atoms with Gasteiger partial charge in [-0.2, -0.15) is 0 Å². The molecule has 0 saturated carbocycles. The minimum Gasteiger partial charge on any atom is -0.545 e. The molecule has 0 amide bonds. The van der Waals surface area contributed by atoms with Crippen LogP contribution >= 0.6 is 23.4 Å². The molecule has 1 heterocycles. The van der Waals surface area contributed by atoms with E-state index >= 15 is 0 Å². The summed E-state index contributed by atoms with van der Waals surface area (Å²) >= 11 is 6.63. The standard InChI is InChI=1S/C15H13ClN2O4S.K/c1-22-12-5-4-9(16)7-11(12)18-8-13(19)23-14-10(15(20)21)3-2-6-17-14;/h2-7,18H,8H2,1H3,(H,20,21);/q;+1/p-1. The number of nitrogens with one attached hydrogen (secondary N) is 1. The molecule has 0 aliphatic carbocycles. The number of anilines is 1. The van der Waals surface area contributed by atoms with Crippen LogP contribution in [0.25, 0.3) is 0 Å². The van der Waals surface area contributed by atoms with Crippen LogP contribution in [-0.4, -0.2) is 29.7 Å². The van der Waals surface area contributed by atoms with Crippen LogP contribution < -0.4 is 66.5 Å². The number of aromatic carboxylic acids is 1. The molecule has 1 aromatic heterocycles. The number of benzene rings is 1. The first-order valence-corrected chi connectivity index (χ1v) is 7.65. The SMILES string of the molecule is COc1ccc(Cl)cc1NCC(=O)Sc1ncccc1C(=O)[O-].[K+]. The third-order valence-corrected chi connectivity index (χ3v) is 3.91. The van der Waals surface area contributed by atoms with Gasteiger partial charge in [0.05, 0.1) is 25.3 Å². The normalized spacial score (nSPS) is 9.75. The van der Waals surface area contributed by atoms with Crippen molar-refractivity contribution in [3.63, 3.8) is 0 Å². The van der Waals surface area contributed by atoms with Crippen LogP contribution in [0, 0.1) is 0 Å². The maximum absolute atomic E-state index is 12.0. The van der Waals surface area contributed by atoms with Crippen molar-refractivity contribution >= 4 is 40.1 Å². The maximum Gasteiger partial charge on any atom is 1.00 e. The van der Waals surface area contributed by atoms with Crippen LogP contribution in [-0.2, 0) is 4.79 Å². The number of carbonyl (C=O) groups is 2. The average molecular weight is 391 g/mol. The molecule has 0 bridgehead atoms. The Hall–Kier alpha value is -0.614. The van der Waals surface area contributed by atoms with Crippen molar-refractivity contribution < 1.29 is 70.8 Å². The molecule has 0 saturated heterocycles. The second-order valence-electron chi connectivity index (χ2n) is 4.32. The smallest absolute Gasteiger partial charge is 0.545 e. The Balaban J connectivity index is 0.00000288. The molecule has 6 nitrogen and oxygen atoms in total. The number of carboxylic acids is 1. The molecule has 0 radical (unpaired) electrons. The number of hydrogen-bond donors (Lipinski definition) is 1. The van der Waals surface area contributed by atoms with Crippen LogP contribution in [0.4, 0.5) is 5.69 Å². The summed E-state index contributed by atoms with van der Waals surface area (Å²) in [5.41, 5.74) is 0.446. The molecule has 0 spiro atoms. The van der Waals surface area contributed by atoms with E-state index in [1.807, 2.05) is 0 Å². The van der Waals surface area contributed by atoms with Gasteiger partial charge in [0, 0.05) is 16.8 Å². The van der Waals surface area contributed by atoms with Gasteiger partial charge in [0.15, 0.2) is 0 Å². The number of pyridine rings is 1. The van der Waals surface area contributed by atoms with Gasteiger partial charge in [-0.05, 0) is 42.1 Å². The molecular weight excluding hydrogens is 379 g/mol. The zero-order chi connectivity index (χ0) is 16.8. The predicted octanol–water partition coefficient (Wildman–Crippen LogP) is -1.16. The fourth-order valence-corrected chi connectivity index (χ4v) is 2.66. The Morgan fingerprint density at radius 3 is 2.79 bits per heavy atom. The molecule has 0 atom stereocenters. The van der Waals surface area contributed by atoms with Gasteiger partial charge in [0.2, 0.25) is 5.12 Å². The topological polar surface area (TPSA) is 91.3 Å². The minimum atomic E-state index is -1.38. The van der Waals surface area contributed by atoms with Gasteiger partial charge in [-0.1, -0.05) is 11.6 Å². The molecule has 0 aliphatic rings. The molecule has 0 fully saturated rings. The Kier molecular flexibility index (Phi) is 9.28. The maximum atomic E-state index is 12.0. The largest absolute Gasteiger partial charge is 1.00 e. The van der Waals surface area contributed by atoms with E-state index in [1.165, 1.54) is 25.4 Å². The van der Waals surface area contributed by atoms with Crippen LogP contribution in [0.3, 0.4) is 0 Å². The van der Waals surface area contributed by atoms with Gasteiger partial charge in [-0.15, -0.1) is 0 Å². The summed E-state index contributed by atoms with van der Waals surface area (Å²) in [6.07, 6.45) is 1.41. The van der Waals surface area contributed by atoms with Crippen LogP contribution in [0.5, 0.6) is 5.75 Å². The van der Waals surface area contributed by atoms with Crippen molar-refractivity contribution in [1.29, 1.82) is 0 Å². The number of carboxylic acid groups (broad SMARTS) is 1. The van der Waals surface area contributed by atoms with Gasteiger partial charge >= 0.3 is 51.4 Å². The predicted molar refractivity (Wildman–Crippen MR) is 85.9 cm³/mol. The fraction of sp³-hybridized carbons (Fsp3) is 0.133. The number of rotatable bonds is 6. The molecule has 9 heteroatoms. The van der Waals surface area contributed by atoms with Crippen LogP contribution in [0.15, 0.2) is 41.6 Å². The second kappa shape index (κ2) is 10.4. The number of thioether (sulfide) groups is 1. The van der Waals surface area contributed by atoms with Crippen molar-refractivity contribution in [3.05, 3.63) is 47.1 Å². The van der Waals surface area contributed by atoms with E-state index in [2.05, 4.69) is 10.3 Å². The first kappa shape index (κ1) is 21.4. The van der Waals surface area contributed by atoms with Crippen molar-refractivity contribution in [2.24, 2.45) is 0 Å². The molecule has 24 heavy (non-hydrogen) atoms. The first-order valence-electron chi connectivity index (χ1n) is 6.45. The first-order chi connectivity index (χ1) is 11.0. The summed E-state index contributed by atoms with van der Waals surface area (Å²) in [6.45, 7) is -0.0512. The number of nitrogens with zero attached hydrogens (tertiary/aromatic N) is 1. The number of ether oxygens (including phenoxy) is 1. The summed E-state index contributed by atoms with van der Waals surface area (Å²) in [5, 5.41) is 14.2. The quantitative estimate of drug-likeness (QED) is 0.491. The molecule has 0 unspecified atom stereocenters. The third-order valence-electron chi connectivity index (χ3n) is 2.79. The Labute approximate surface area is 190 Å².